The van der Waals surface area contributed by atoms with E-state index in [-0.39, 0.29) is 0 Å². The summed E-state index contributed by atoms with van der Waals surface area (Å²) in [6.45, 7) is 2.37. The summed E-state index contributed by atoms with van der Waals surface area (Å²) < 4.78 is 11.1. The molecule has 0 saturated carbocycles. The highest BCUT2D eigenvalue weighted by Crippen LogP contribution is 2.08. The largest absolute Gasteiger partial charge is 0.491 e. The van der Waals surface area contributed by atoms with Gasteiger partial charge < -0.3 is 14.8 Å². The van der Waals surface area contributed by atoms with Crippen molar-refractivity contribution in [2.45, 2.75) is 13.2 Å². The van der Waals surface area contributed by atoms with Gasteiger partial charge in [-0.05, 0) is 31.3 Å². The SMILES string of the molecule is CNCc1cccc(COCCOc2ccccc2)n1. The van der Waals surface area contributed by atoms with Crippen LogP contribution in [-0.2, 0) is 17.9 Å². The number of hydrogen-bond acceptors (Lipinski definition) is 4. The first-order valence-electron chi connectivity index (χ1n) is 6.73. The molecule has 1 aromatic carbocycles. The van der Waals surface area contributed by atoms with Crippen LogP contribution in [0.3, 0.4) is 0 Å². The lowest BCUT2D eigenvalue weighted by atomic mass is 10.3. The summed E-state index contributed by atoms with van der Waals surface area (Å²) in [6.07, 6.45) is 0. The van der Waals surface area contributed by atoms with Crippen molar-refractivity contribution in [2.24, 2.45) is 0 Å². The summed E-state index contributed by atoms with van der Waals surface area (Å²) >= 11 is 0. The molecule has 2 rings (SSSR count). The van der Waals surface area contributed by atoms with E-state index in [0.29, 0.717) is 19.8 Å². The summed E-state index contributed by atoms with van der Waals surface area (Å²) in [5.41, 5.74) is 1.96. The third kappa shape index (κ3) is 4.99. The smallest absolute Gasteiger partial charge is 0.119 e. The molecular formula is C16H20N2O2. The van der Waals surface area contributed by atoms with E-state index in [1.54, 1.807) is 0 Å². The molecular weight excluding hydrogens is 252 g/mol. The fourth-order valence-corrected chi connectivity index (χ4v) is 1.80. The molecule has 106 valence electrons. The number of benzene rings is 1. The van der Waals surface area contributed by atoms with E-state index in [1.165, 1.54) is 0 Å². The predicted octanol–water partition coefficient (Wildman–Crippen LogP) is 2.40. The van der Waals surface area contributed by atoms with Gasteiger partial charge in [-0.1, -0.05) is 24.3 Å². The number of hydrogen-bond donors (Lipinski definition) is 1. The van der Waals surface area contributed by atoms with Gasteiger partial charge in [-0.3, -0.25) is 4.98 Å². The molecule has 1 aromatic heterocycles. The second-order valence-corrected chi connectivity index (χ2v) is 4.36. The maximum atomic E-state index is 5.57. The number of nitrogens with one attached hydrogen (secondary N) is 1. The zero-order valence-electron chi connectivity index (χ0n) is 11.7. The van der Waals surface area contributed by atoms with Crippen LogP contribution in [0.2, 0.25) is 0 Å². The Morgan fingerprint density at radius 2 is 1.75 bits per heavy atom. The van der Waals surface area contributed by atoms with E-state index in [4.69, 9.17) is 9.47 Å². The van der Waals surface area contributed by atoms with E-state index >= 15 is 0 Å². The summed E-state index contributed by atoms with van der Waals surface area (Å²) in [7, 11) is 1.91. The third-order valence-corrected chi connectivity index (χ3v) is 2.71. The van der Waals surface area contributed by atoms with E-state index < -0.39 is 0 Å². The van der Waals surface area contributed by atoms with E-state index in [2.05, 4.69) is 10.3 Å². The second-order valence-electron chi connectivity index (χ2n) is 4.36. The van der Waals surface area contributed by atoms with Crippen LogP contribution in [0.15, 0.2) is 48.5 Å². The highest BCUT2D eigenvalue weighted by molar-refractivity contribution is 5.20. The molecule has 0 bridgehead atoms. The molecule has 1 N–H and O–H groups in total. The first kappa shape index (κ1) is 14.5. The first-order chi connectivity index (χ1) is 9.88. The number of aromatic nitrogens is 1. The van der Waals surface area contributed by atoms with Crippen LogP contribution in [0.5, 0.6) is 5.75 Å². The molecule has 0 aliphatic heterocycles. The average Bonchev–Trinajstić information content (AvgIpc) is 2.49. The van der Waals surface area contributed by atoms with Crippen LogP contribution in [0.4, 0.5) is 0 Å². The number of pyridine rings is 1. The second kappa shape index (κ2) is 8.30. The van der Waals surface area contributed by atoms with Crippen LogP contribution >= 0.6 is 0 Å². The Kier molecular flexibility index (Phi) is 6.02. The van der Waals surface area contributed by atoms with Crippen LogP contribution in [-0.4, -0.2) is 25.2 Å². The lowest BCUT2D eigenvalue weighted by Crippen LogP contribution is -2.10. The van der Waals surface area contributed by atoms with Crippen molar-refractivity contribution in [1.82, 2.24) is 10.3 Å². The molecule has 0 saturated heterocycles. The van der Waals surface area contributed by atoms with Crippen LogP contribution in [0.25, 0.3) is 0 Å². The zero-order valence-corrected chi connectivity index (χ0v) is 11.7. The minimum Gasteiger partial charge on any atom is -0.491 e. The number of rotatable bonds is 8. The van der Waals surface area contributed by atoms with Crippen LogP contribution in [0.1, 0.15) is 11.4 Å². The van der Waals surface area contributed by atoms with Crippen molar-refractivity contribution in [3.05, 3.63) is 59.9 Å². The Morgan fingerprint density at radius 3 is 2.55 bits per heavy atom. The van der Waals surface area contributed by atoms with Gasteiger partial charge in [-0.2, -0.15) is 0 Å². The molecule has 0 radical (unpaired) electrons. The normalized spacial score (nSPS) is 10.4. The minimum absolute atomic E-state index is 0.510. The number of para-hydroxylation sites is 1. The highest BCUT2D eigenvalue weighted by Gasteiger charge is 1.98. The fraction of sp³-hybridized carbons (Fsp3) is 0.312. The molecule has 4 nitrogen and oxygen atoms in total. The number of nitrogens with zero attached hydrogens (tertiary/aromatic N) is 1. The van der Waals surface area contributed by atoms with E-state index in [0.717, 1.165) is 23.7 Å². The van der Waals surface area contributed by atoms with Crippen LogP contribution in [0, 0.1) is 0 Å². The van der Waals surface area contributed by atoms with Gasteiger partial charge in [0.25, 0.3) is 0 Å². The van der Waals surface area contributed by atoms with Crippen molar-refractivity contribution < 1.29 is 9.47 Å². The molecule has 0 aliphatic rings. The molecule has 0 spiro atoms. The molecule has 2 aromatic rings. The van der Waals surface area contributed by atoms with Crippen molar-refractivity contribution in [3.63, 3.8) is 0 Å². The summed E-state index contributed by atoms with van der Waals surface area (Å²) in [6, 6.07) is 15.7. The maximum absolute atomic E-state index is 5.57. The maximum Gasteiger partial charge on any atom is 0.119 e. The van der Waals surface area contributed by atoms with Gasteiger partial charge in [0.05, 0.1) is 24.6 Å². The quantitative estimate of drug-likeness (QED) is 0.749. The average molecular weight is 272 g/mol. The van der Waals surface area contributed by atoms with Gasteiger partial charge >= 0.3 is 0 Å². The fourth-order valence-electron chi connectivity index (χ4n) is 1.80. The zero-order chi connectivity index (χ0) is 14.0. The van der Waals surface area contributed by atoms with Crippen molar-refractivity contribution in [3.8, 4) is 5.75 Å². The van der Waals surface area contributed by atoms with Gasteiger partial charge in [0, 0.05) is 6.54 Å². The Labute approximate surface area is 119 Å². The van der Waals surface area contributed by atoms with Crippen molar-refractivity contribution in [1.29, 1.82) is 0 Å². The number of ether oxygens (including phenoxy) is 2. The Morgan fingerprint density at radius 1 is 0.950 bits per heavy atom. The van der Waals surface area contributed by atoms with Crippen molar-refractivity contribution in [2.75, 3.05) is 20.3 Å². The third-order valence-electron chi connectivity index (χ3n) is 2.71. The molecule has 1 heterocycles. The molecule has 4 heteroatoms. The summed E-state index contributed by atoms with van der Waals surface area (Å²) in [4.78, 5) is 4.49. The molecule has 0 aliphatic carbocycles. The molecule has 0 fully saturated rings. The Balaban J connectivity index is 1.67. The lowest BCUT2D eigenvalue weighted by Gasteiger charge is -2.07. The monoisotopic (exact) mass is 272 g/mol. The Bertz CT molecular complexity index is 503. The Hall–Kier alpha value is -1.91. The summed E-state index contributed by atoms with van der Waals surface area (Å²) in [5, 5.41) is 3.08. The van der Waals surface area contributed by atoms with Gasteiger partial charge in [-0.25, -0.2) is 0 Å². The van der Waals surface area contributed by atoms with E-state index in [1.807, 2.05) is 55.6 Å². The van der Waals surface area contributed by atoms with Gasteiger partial charge in [0.1, 0.15) is 12.4 Å². The first-order valence-corrected chi connectivity index (χ1v) is 6.73. The van der Waals surface area contributed by atoms with Gasteiger partial charge in [0.15, 0.2) is 0 Å². The molecule has 0 amide bonds. The molecule has 0 atom stereocenters. The highest BCUT2D eigenvalue weighted by atomic mass is 16.5. The summed E-state index contributed by atoms with van der Waals surface area (Å²) in [5.74, 6) is 0.866. The van der Waals surface area contributed by atoms with Gasteiger partial charge in [-0.15, -0.1) is 0 Å². The van der Waals surface area contributed by atoms with Crippen LogP contribution < -0.4 is 10.1 Å². The molecule has 0 unspecified atom stereocenters. The lowest BCUT2D eigenvalue weighted by molar-refractivity contribution is 0.0868. The molecule has 20 heavy (non-hydrogen) atoms. The predicted molar refractivity (Wildman–Crippen MR) is 78.6 cm³/mol. The topological polar surface area (TPSA) is 43.4 Å². The minimum atomic E-state index is 0.510. The van der Waals surface area contributed by atoms with Crippen molar-refractivity contribution >= 4 is 0 Å². The standard InChI is InChI=1S/C16H20N2O2/c1-17-12-14-6-5-7-15(18-14)13-19-10-11-20-16-8-3-2-4-9-16/h2-9,17H,10-13H2,1H3. The van der Waals surface area contributed by atoms with Gasteiger partial charge in [0.2, 0.25) is 0 Å². The van der Waals surface area contributed by atoms with E-state index in [9.17, 15) is 0 Å².